The molecule has 0 spiro atoms. The van der Waals surface area contributed by atoms with Crippen LogP contribution in [-0.2, 0) is 0 Å². The van der Waals surface area contributed by atoms with E-state index in [1.807, 2.05) is 12.4 Å². The average molecular weight is 319 g/mol. The van der Waals surface area contributed by atoms with Gasteiger partial charge >= 0.3 is 0 Å². The Morgan fingerprint density at radius 1 is 1.21 bits per heavy atom. The second-order valence-corrected chi connectivity index (χ2v) is 5.59. The highest BCUT2D eigenvalue weighted by Gasteiger charge is 2.15. The minimum Gasteiger partial charge on any atom is -0.306 e. The van der Waals surface area contributed by atoms with E-state index in [1.54, 1.807) is 0 Å². The first-order valence-electron chi connectivity index (χ1n) is 6.53. The summed E-state index contributed by atoms with van der Waals surface area (Å²) in [6.45, 7) is 7.28. The van der Waals surface area contributed by atoms with Gasteiger partial charge in [-0.15, -0.1) is 0 Å². The largest absolute Gasteiger partial charge is 0.306 e. The topological polar surface area (TPSA) is 24.9 Å². The van der Waals surface area contributed by atoms with Gasteiger partial charge in [0.15, 0.2) is 0 Å². The van der Waals surface area contributed by atoms with Crippen molar-refractivity contribution in [3.05, 3.63) is 63.4 Å². The van der Waals surface area contributed by atoms with Gasteiger partial charge in [-0.25, -0.2) is 0 Å². The third-order valence-corrected chi connectivity index (χ3v) is 4.18. The molecule has 1 heterocycles. The SMILES string of the molecule is CCNC(c1ccc(C)c(Br)c1)c1cnccc1C. The Morgan fingerprint density at radius 3 is 2.63 bits per heavy atom. The predicted molar refractivity (Wildman–Crippen MR) is 83.4 cm³/mol. The predicted octanol–water partition coefficient (Wildman–Crippen LogP) is 4.16. The zero-order valence-electron chi connectivity index (χ0n) is 11.6. The number of hydrogen-bond donors (Lipinski definition) is 1. The second-order valence-electron chi connectivity index (χ2n) is 4.73. The van der Waals surface area contributed by atoms with Gasteiger partial charge in [0.05, 0.1) is 6.04 Å². The van der Waals surface area contributed by atoms with E-state index in [0.717, 1.165) is 11.0 Å². The molecule has 0 fully saturated rings. The Bertz CT molecular complexity index is 566. The summed E-state index contributed by atoms with van der Waals surface area (Å²) in [4.78, 5) is 4.26. The Balaban J connectivity index is 2.45. The lowest BCUT2D eigenvalue weighted by Crippen LogP contribution is -2.23. The molecule has 19 heavy (non-hydrogen) atoms. The van der Waals surface area contributed by atoms with Crippen molar-refractivity contribution in [1.29, 1.82) is 0 Å². The molecular formula is C16H19BrN2. The smallest absolute Gasteiger partial charge is 0.0594 e. The maximum atomic E-state index is 4.26. The highest BCUT2D eigenvalue weighted by atomic mass is 79.9. The van der Waals surface area contributed by atoms with Crippen LogP contribution in [0.1, 0.15) is 35.2 Å². The first-order chi connectivity index (χ1) is 9.13. The van der Waals surface area contributed by atoms with Gasteiger partial charge < -0.3 is 5.32 Å². The van der Waals surface area contributed by atoms with E-state index < -0.39 is 0 Å². The third-order valence-electron chi connectivity index (χ3n) is 3.33. The van der Waals surface area contributed by atoms with Crippen LogP contribution in [0.4, 0.5) is 0 Å². The number of nitrogens with one attached hydrogen (secondary N) is 1. The zero-order valence-corrected chi connectivity index (χ0v) is 13.2. The lowest BCUT2D eigenvalue weighted by molar-refractivity contribution is 0.625. The van der Waals surface area contributed by atoms with E-state index in [4.69, 9.17) is 0 Å². The maximum absolute atomic E-state index is 4.26. The van der Waals surface area contributed by atoms with Crippen LogP contribution in [0.5, 0.6) is 0 Å². The van der Waals surface area contributed by atoms with Gasteiger partial charge in [0.25, 0.3) is 0 Å². The molecule has 0 amide bonds. The van der Waals surface area contributed by atoms with Gasteiger partial charge in [-0.3, -0.25) is 4.98 Å². The van der Waals surface area contributed by atoms with Crippen LogP contribution in [-0.4, -0.2) is 11.5 Å². The minimum absolute atomic E-state index is 0.190. The normalized spacial score (nSPS) is 12.4. The summed E-state index contributed by atoms with van der Waals surface area (Å²) in [6.07, 6.45) is 3.79. The van der Waals surface area contributed by atoms with E-state index in [9.17, 15) is 0 Å². The Labute approximate surface area is 123 Å². The molecule has 0 aliphatic rings. The fourth-order valence-electron chi connectivity index (χ4n) is 2.18. The lowest BCUT2D eigenvalue weighted by atomic mass is 9.96. The summed E-state index contributed by atoms with van der Waals surface area (Å²) < 4.78 is 1.15. The first kappa shape index (κ1) is 14.2. The van der Waals surface area contributed by atoms with Crippen LogP contribution in [0.2, 0.25) is 0 Å². The van der Waals surface area contributed by atoms with Crippen LogP contribution >= 0.6 is 15.9 Å². The molecule has 1 aromatic heterocycles. The van der Waals surface area contributed by atoms with Crippen LogP contribution in [0.25, 0.3) is 0 Å². The summed E-state index contributed by atoms with van der Waals surface area (Å²) in [6, 6.07) is 8.77. The molecule has 1 N–H and O–H groups in total. The fourth-order valence-corrected chi connectivity index (χ4v) is 2.58. The molecule has 0 saturated heterocycles. The average Bonchev–Trinajstić information content (AvgIpc) is 2.40. The first-order valence-corrected chi connectivity index (χ1v) is 7.32. The summed E-state index contributed by atoms with van der Waals surface area (Å²) in [7, 11) is 0. The molecule has 0 bridgehead atoms. The molecule has 100 valence electrons. The number of pyridine rings is 1. The van der Waals surface area contributed by atoms with E-state index in [1.165, 1.54) is 22.3 Å². The summed E-state index contributed by atoms with van der Waals surface area (Å²) in [5.74, 6) is 0. The van der Waals surface area contributed by atoms with E-state index >= 15 is 0 Å². The number of halogens is 1. The maximum Gasteiger partial charge on any atom is 0.0594 e. The van der Waals surface area contributed by atoms with Crippen molar-refractivity contribution in [3.63, 3.8) is 0 Å². The van der Waals surface area contributed by atoms with Crippen molar-refractivity contribution in [3.8, 4) is 0 Å². The molecule has 0 aliphatic heterocycles. The highest BCUT2D eigenvalue weighted by Crippen LogP contribution is 2.27. The van der Waals surface area contributed by atoms with Gasteiger partial charge in [-0.1, -0.05) is 35.0 Å². The van der Waals surface area contributed by atoms with Gasteiger partial charge in [0.1, 0.15) is 0 Å². The molecule has 2 rings (SSSR count). The minimum atomic E-state index is 0.190. The van der Waals surface area contributed by atoms with Gasteiger partial charge in [0, 0.05) is 16.9 Å². The number of nitrogens with zero attached hydrogens (tertiary/aromatic N) is 1. The fraction of sp³-hybridized carbons (Fsp3) is 0.312. The summed E-state index contributed by atoms with van der Waals surface area (Å²) in [5.41, 5.74) is 5.01. The van der Waals surface area contributed by atoms with Crippen molar-refractivity contribution >= 4 is 15.9 Å². The molecule has 1 atom stereocenters. The van der Waals surface area contributed by atoms with Gasteiger partial charge in [-0.05, 0) is 54.8 Å². The van der Waals surface area contributed by atoms with Crippen LogP contribution in [0.3, 0.4) is 0 Å². The molecule has 2 aromatic rings. The molecular weight excluding hydrogens is 300 g/mol. The number of hydrogen-bond acceptors (Lipinski definition) is 2. The summed E-state index contributed by atoms with van der Waals surface area (Å²) >= 11 is 3.61. The number of aromatic nitrogens is 1. The van der Waals surface area contributed by atoms with E-state index in [0.29, 0.717) is 0 Å². The van der Waals surface area contributed by atoms with E-state index in [-0.39, 0.29) is 6.04 Å². The second kappa shape index (κ2) is 6.31. The highest BCUT2D eigenvalue weighted by molar-refractivity contribution is 9.10. The van der Waals surface area contributed by atoms with Crippen LogP contribution < -0.4 is 5.32 Å². The quantitative estimate of drug-likeness (QED) is 0.915. The lowest BCUT2D eigenvalue weighted by Gasteiger charge is -2.21. The van der Waals surface area contributed by atoms with Crippen molar-refractivity contribution in [2.75, 3.05) is 6.54 Å². The molecule has 0 radical (unpaired) electrons. The Hall–Kier alpha value is -1.19. The van der Waals surface area contributed by atoms with Gasteiger partial charge in [0.2, 0.25) is 0 Å². The van der Waals surface area contributed by atoms with Crippen LogP contribution in [0.15, 0.2) is 41.1 Å². The van der Waals surface area contributed by atoms with Crippen molar-refractivity contribution < 1.29 is 0 Å². The molecule has 3 heteroatoms. The molecule has 1 unspecified atom stereocenters. The third kappa shape index (κ3) is 3.23. The zero-order chi connectivity index (χ0) is 13.8. The molecule has 0 saturated carbocycles. The van der Waals surface area contributed by atoms with E-state index in [2.05, 4.69) is 71.3 Å². The van der Waals surface area contributed by atoms with Crippen molar-refractivity contribution in [2.45, 2.75) is 26.8 Å². The van der Waals surface area contributed by atoms with Crippen LogP contribution in [0, 0.1) is 13.8 Å². The Kier molecular flexibility index (Phi) is 4.72. The number of benzene rings is 1. The standard InChI is InChI=1S/C16H19BrN2/c1-4-19-16(14-10-18-8-7-11(14)2)13-6-5-12(3)15(17)9-13/h5-10,16,19H,4H2,1-3H3. The van der Waals surface area contributed by atoms with Gasteiger partial charge in [-0.2, -0.15) is 0 Å². The summed E-state index contributed by atoms with van der Waals surface area (Å²) in [5, 5.41) is 3.54. The number of rotatable bonds is 4. The molecule has 2 nitrogen and oxygen atoms in total. The monoisotopic (exact) mass is 318 g/mol. The molecule has 1 aromatic carbocycles. The van der Waals surface area contributed by atoms with Crippen molar-refractivity contribution in [2.24, 2.45) is 0 Å². The van der Waals surface area contributed by atoms with Crippen molar-refractivity contribution in [1.82, 2.24) is 10.3 Å². The molecule has 0 aliphatic carbocycles. The number of aryl methyl sites for hydroxylation is 2. The Morgan fingerprint density at radius 2 is 2.00 bits per heavy atom.